The molecule has 37 heavy (non-hydrogen) atoms. The number of hydrogen-bond acceptors (Lipinski definition) is 5. The standard InChI is InChI=1S/C28H33N3O5S/c1-20-10-14-23(15-11-20)18-30(22(3)28(33)29-4)27(32)19-31(25-8-6-7-9-26(25)36-5)37(34,35)24-16-12-21(2)13-17-24/h6-17,22H,18-19H2,1-5H3,(H,29,33). The van der Waals surface area contributed by atoms with Crippen molar-refractivity contribution in [2.45, 2.75) is 38.3 Å². The number of likely N-dealkylation sites (N-methyl/N-ethyl adjacent to an activating group) is 1. The SMILES string of the molecule is CNC(=O)C(C)N(Cc1ccc(C)cc1)C(=O)CN(c1ccccc1OC)S(=O)(=O)c1ccc(C)cc1. The molecule has 3 aromatic carbocycles. The molecule has 0 saturated heterocycles. The number of benzene rings is 3. The Labute approximate surface area is 218 Å². The van der Waals surface area contributed by atoms with Crippen LogP contribution in [-0.2, 0) is 26.2 Å². The highest BCUT2D eigenvalue weighted by atomic mass is 32.2. The van der Waals surface area contributed by atoms with Gasteiger partial charge < -0.3 is 15.0 Å². The summed E-state index contributed by atoms with van der Waals surface area (Å²) in [4.78, 5) is 27.8. The number of amides is 2. The number of carbonyl (C=O) groups excluding carboxylic acids is 2. The van der Waals surface area contributed by atoms with Gasteiger partial charge in [0, 0.05) is 13.6 Å². The molecule has 0 aromatic heterocycles. The zero-order chi connectivity index (χ0) is 27.2. The van der Waals surface area contributed by atoms with E-state index in [1.165, 1.54) is 31.2 Å². The van der Waals surface area contributed by atoms with Crippen molar-refractivity contribution < 1.29 is 22.7 Å². The maximum absolute atomic E-state index is 13.8. The van der Waals surface area contributed by atoms with Gasteiger partial charge >= 0.3 is 0 Å². The molecule has 0 radical (unpaired) electrons. The highest BCUT2D eigenvalue weighted by Gasteiger charge is 2.33. The molecular weight excluding hydrogens is 490 g/mol. The molecule has 0 fully saturated rings. The lowest BCUT2D eigenvalue weighted by atomic mass is 10.1. The Hall–Kier alpha value is -3.85. The summed E-state index contributed by atoms with van der Waals surface area (Å²) in [5.74, 6) is -0.584. The molecule has 0 saturated carbocycles. The van der Waals surface area contributed by atoms with Crippen molar-refractivity contribution in [2.24, 2.45) is 0 Å². The molecule has 3 rings (SSSR count). The first-order valence-electron chi connectivity index (χ1n) is 11.9. The first-order valence-corrected chi connectivity index (χ1v) is 13.3. The van der Waals surface area contributed by atoms with Gasteiger partial charge in [0.2, 0.25) is 11.8 Å². The zero-order valence-corrected chi connectivity index (χ0v) is 22.6. The molecule has 1 atom stereocenters. The fourth-order valence-electron chi connectivity index (χ4n) is 3.87. The van der Waals surface area contributed by atoms with Crippen LogP contribution in [0.4, 0.5) is 5.69 Å². The molecule has 3 aromatic rings. The van der Waals surface area contributed by atoms with Crippen molar-refractivity contribution in [3.63, 3.8) is 0 Å². The molecule has 0 aliphatic carbocycles. The number of para-hydroxylation sites is 2. The number of nitrogens with one attached hydrogen (secondary N) is 1. The summed E-state index contributed by atoms with van der Waals surface area (Å²) in [5.41, 5.74) is 3.01. The topological polar surface area (TPSA) is 96.0 Å². The Balaban J connectivity index is 2.06. The van der Waals surface area contributed by atoms with Crippen molar-refractivity contribution in [2.75, 3.05) is 25.0 Å². The van der Waals surface area contributed by atoms with E-state index in [-0.39, 0.29) is 23.0 Å². The average molecular weight is 524 g/mol. The molecule has 0 heterocycles. The number of aryl methyl sites for hydroxylation is 2. The Morgan fingerprint density at radius 3 is 2.05 bits per heavy atom. The van der Waals surface area contributed by atoms with Gasteiger partial charge in [0.1, 0.15) is 18.3 Å². The van der Waals surface area contributed by atoms with Gasteiger partial charge in [-0.3, -0.25) is 13.9 Å². The summed E-state index contributed by atoms with van der Waals surface area (Å²) in [6.45, 7) is 5.05. The second-order valence-corrected chi connectivity index (χ2v) is 10.7. The molecule has 1 N–H and O–H groups in total. The summed E-state index contributed by atoms with van der Waals surface area (Å²) in [6.07, 6.45) is 0. The molecule has 1 unspecified atom stereocenters. The second-order valence-electron chi connectivity index (χ2n) is 8.79. The Morgan fingerprint density at radius 1 is 0.919 bits per heavy atom. The van der Waals surface area contributed by atoms with E-state index in [0.717, 1.165) is 21.0 Å². The number of hydrogen-bond donors (Lipinski definition) is 1. The van der Waals surface area contributed by atoms with Crippen LogP contribution in [0.15, 0.2) is 77.7 Å². The summed E-state index contributed by atoms with van der Waals surface area (Å²) in [5, 5.41) is 2.57. The average Bonchev–Trinajstić information content (AvgIpc) is 2.90. The van der Waals surface area contributed by atoms with E-state index in [0.29, 0.717) is 5.75 Å². The fourth-order valence-corrected chi connectivity index (χ4v) is 5.29. The van der Waals surface area contributed by atoms with Crippen molar-refractivity contribution in [1.82, 2.24) is 10.2 Å². The molecule has 2 amide bonds. The summed E-state index contributed by atoms with van der Waals surface area (Å²) < 4.78 is 34.2. The summed E-state index contributed by atoms with van der Waals surface area (Å²) in [6, 6.07) is 19.8. The quantitative estimate of drug-likeness (QED) is 0.438. The third-order valence-electron chi connectivity index (χ3n) is 6.13. The monoisotopic (exact) mass is 523 g/mol. The van der Waals surface area contributed by atoms with E-state index in [2.05, 4.69) is 5.32 Å². The van der Waals surface area contributed by atoms with E-state index < -0.39 is 28.5 Å². The van der Waals surface area contributed by atoms with E-state index in [1.807, 2.05) is 38.1 Å². The van der Waals surface area contributed by atoms with Gasteiger partial charge in [-0.05, 0) is 50.6 Å². The molecule has 9 heteroatoms. The largest absolute Gasteiger partial charge is 0.495 e. The van der Waals surface area contributed by atoms with E-state index in [9.17, 15) is 18.0 Å². The van der Waals surface area contributed by atoms with Crippen LogP contribution in [0.1, 0.15) is 23.6 Å². The molecule has 0 aliphatic heterocycles. The van der Waals surface area contributed by atoms with Crippen LogP contribution in [0.2, 0.25) is 0 Å². The van der Waals surface area contributed by atoms with Gasteiger partial charge in [-0.25, -0.2) is 8.42 Å². The normalized spacial score (nSPS) is 11.9. The van der Waals surface area contributed by atoms with Crippen LogP contribution in [0.25, 0.3) is 0 Å². The minimum absolute atomic E-state index is 0.0428. The first kappa shape index (κ1) is 27.7. The fraction of sp³-hybridized carbons (Fsp3) is 0.286. The van der Waals surface area contributed by atoms with Crippen LogP contribution >= 0.6 is 0 Å². The zero-order valence-electron chi connectivity index (χ0n) is 21.8. The lowest BCUT2D eigenvalue weighted by Crippen LogP contribution is -2.50. The maximum Gasteiger partial charge on any atom is 0.264 e. The predicted molar refractivity (Wildman–Crippen MR) is 144 cm³/mol. The maximum atomic E-state index is 13.8. The van der Waals surface area contributed by atoms with Gasteiger partial charge in [0.25, 0.3) is 10.0 Å². The molecular formula is C28H33N3O5S. The van der Waals surface area contributed by atoms with Crippen LogP contribution in [-0.4, -0.2) is 51.9 Å². The van der Waals surface area contributed by atoms with Gasteiger partial charge in [-0.2, -0.15) is 0 Å². The van der Waals surface area contributed by atoms with Crippen LogP contribution < -0.4 is 14.4 Å². The number of sulfonamides is 1. The molecule has 0 bridgehead atoms. The molecule has 0 aliphatic rings. The van der Waals surface area contributed by atoms with Crippen molar-refractivity contribution in [3.05, 3.63) is 89.5 Å². The molecule has 8 nitrogen and oxygen atoms in total. The second kappa shape index (κ2) is 11.9. The van der Waals surface area contributed by atoms with Gasteiger partial charge in [-0.15, -0.1) is 0 Å². The summed E-state index contributed by atoms with van der Waals surface area (Å²) >= 11 is 0. The lowest BCUT2D eigenvalue weighted by Gasteiger charge is -2.32. The smallest absolute Gasteiger partial charge is 0.264 e. The number of nitrogens with zero attached hydrogens (tertiary/aromatic N) is 2. The lowest BCUT2D eigenvalue weighted by molar-refractivity contribution is -0.139. The highest BCUT2D eigenvalue weighted by Crippen LogP contribution is 2.32. The predicted octanol–water partition coefficient (Wildman–Crippen LogP) is 3.67. The minimum Gasteiger partial charge on any atom is -0.495 e. The number of rotatable bonds is 10. The Bertz CT molecular complexity index is 1340. The van der Waals surface area contributed by atoms with Crippen molar-refractivity contribution >= 4 is 27.5 Å². The molecule has 0 spiro atoms. The van der Waals surface area contributed by atoms with Crippen molar-refractivity contribution in [3.8, 4) is 5.75 Å². The van der Waals surface area contributed by atoms with E-state index in [1.54, 1.807) is 43.3 Å². The van der Waals surface area contributed by atoms with Crippen molar-refractivity contribution in [1.29, 1.82) is 0 Å². The van der Waals surface area contributed by atoms with Gasteiger partial charge in [0.05, 0.1) is 17.7 Å². The van der Waals surface area contributed by atoms with Crippen LogP contribution in [0.3, 0.4) is 0 Å². The molecule has 196 valence electrons. The van der Waals surface area contributed by atoms with E-state index >= 15 is 0 Å². The first-order chi connectivity index (χ1) is 17.6. The van der Waals surface area contributed by atoms with Gasteiger partial charge in [0.15, 0.2) is 0 Å². The van der Waals surface area contributed by atoms with E-state index in [4.69, 9.17) is 4.74 Å². The Morgan fingerprint density at radius 2 is 1.49 bits per heavy atom. The highest BCUT2D eigenvalue weighted by molar-refractivity contribution is 7.92. The van der Waals surface area contributed by atoms with Crippen LogP contribution in [0, 0.1) is 13.8 Å². The number of anilines is 1. The number of carbonyl (C=O) groups is 2. The third-order valence-corrected chi connectivity index (χ3v) is 7.90. The summed E-state index contributed by atoms with van der Waals surface area (Å²) in [7, 11) is -1.22. The minimum atomic E-state index is -4.16. The number of methoxy groups -OCH3 is 1. The van der Waals surface area contributed by atoms with Gasteiger partial charge in [-0.1, -0.05) is 59.7 Å². The third kappa shape index (κ3) is 6.48. The number of ether oxygens (including phenoxy) is 1. The Kier molecular flexibility index (Phi) is 8.94. The van der Waals surface area contributed by atoms with Crippen LogP contribution in [0.5, 0.6) is 5.75 Å².